The van der Waals surface area contributed by atoms with Crippen LogP contribution in [0.1, 0.15) is 23.1 Å². The number of nitrogens with zero attached hydrogens (tertiary/aromatic N) is 2. The minimum atomic E-state index is -0.270. The van der Waals surface area contributed by atoms with Crippen molar-refractivity contribution in [2.45, 2.75) is 18.0 Å². The number of benzene rings is 2. The summed E-state index contributed by atoms with van der Waals surface area (Å²) in [5.74, 6) is 0.328. The predicted molar refractivity (Wildman–Crippen MR) is 111 cm³/mol. The van der Waals surface area contributed by atoms with Gasteiger partial charge in [0.15, 0.2) is 0 Å². The van der Waals surface area contributed by atoms with Crippen LogP contribution in [0.4, 0.5) is 0 Å². The highest BCUT2D eigenvalue weighted by atomic mass is 35.5. The van der Waals surface area contributed by atoms with Crippen LogP contribution in [-0.2, 0) is 4.79 Å². The molecule has 0 aliphatic carbocycles. The molecule has 0 radical (unpaired) electrons. The minimum Gasteiger partial charge on any atom is -0.339 e. The maximum absolute atomic E-state index is 13.1. The molecule has 1 aliphatic heterocycles. The number of likely N-dealkylation sites (N-methyl/N-ethyl adjacent to an activating group) is 1. The highest BCUT2D eigenvalue weighted by Gasteiger charge is 2.37. The number of halogens is 2. The zero-order chi connectivity index (χ0) is 17.1. The Balaban J connectivity index is 0.00000169. The summed E-state index contributed by atoms with van der Waals surface area (Å²) in [6.45, 7) is 1.29. The van der Waals surface area contributed by atoms with E-state index in [-0.39, 0.29) is 48.7 Å². The quantitative estimate of drug-likeness (QED) is 0.864. The molecule has 0 aromatic heterocycles. The number of hydrogen-bond acceptors (Lipinski definition) is 3. The molecule has 4 nitrogen and oxygen atoms in total. The molecule has 1 unspecified atom stereocenters. The Bertz CT molecular complexity index is 682. The normalized spacial score (nSPS) is 20.2. The Morgan fingerprint density at radius 3 is 2.08 bits per heavy atom. The zero-order valence-electron chi connectivity index (χ0n) is 15.1. The Morgan fingerprint density at radius 1 is 1.00 bits per heavy atom. The smallest absolute Gasteiger partial charge is 0.244 e. The fourth-order valence-electron chi connectivity index (χ4n) is 3.53. The second-order valence-electron chi connectivity index (χ2n) is 6.70. The molecule has 142 valence electrons. The van der Waals surface area contributed by atoms with Crippen LogP contribution in [0, 0.1) is 0 Å². The van der Waals surface area contributed by atoms with Crippen LogP contribution in [0.5, 0.6) is 0 Å². The molecule has 1 amide bonds. The van der Waals surface area contributed by atoms with Gasteiger partial charge in [0.25, 0.3) is 0 Å². The average Bonchev–Trinajstić information content (AvgIpc) is 2.98. The third-order valence-corrected chi connectivity index (χ3v) is 4.77. The molecule has 26 heavy (non-hydrogen) atoms. The first-order valence-corrected chi connectivity index (χ1v) is 8.38. The molecular weight excluding hydrogens is 369 g/mol. The Kier molecular flexibility index (Phi) is 8.57. The van der Waals surface area contributed by atoms with Gasteiger partial charge in [-0.1, -0.05) is 60.7 Å². The Labute approximate surface area is 168 Å². The molecule has 1 saturated heterocycles. The van der Waals surface area contributed by atoms with Gasteiger partial charge >= 0.3 is 0 Å². The van der Waals surface area contributed by atoms with Crippen molar-refractivity contribution in [3.63, 3.8) is 0 Å². The lowest BCUT2D eigenvalue weighted by Gasteiger charge is -2.28. The molecule has 3 rings (SSSR count). The number of carbonyl (C=O) groups excluding carboxylic acids is 1. The third-order valence-electron chi connectivity index (χ3n) is 4.77. The highest BCUT2D eigenvalue weighted by molar-refractivity contribution is 5.85. The standard InChI is InChI=1S/C20H25N3O.2ClH/c1-22(2)19(16-11-7-4-8-12-16)20(24)23-13-17(18(21)14-23)15-9-5-3-6-10-15;;/h3-12,17-19H,13-14,21H2,1-2H3;2*1H/t17-,18+,19?;;/m0../s1. The van der Waals surface area contributed by atoms with E-state index in [0.29, 0.717) is 13.1 Å². The number of hydrogen-bond donors (Lipinski definition) is 1. The van der Waals surface area contributed by atoms with Gasteiger partial charge in [0.05, 0.1) is 0 Å². The molecule has 6 heteroatoms. The molecule has 0 bridgehead atoms. The van der Waals surface area contributed by atoms with Crippen LogP contribution in [-0.4, -0.2) is 48.9 Å². The lowest BCUT2D eigenvalue weighted by Crippen LogP contribution is -2.40. The first kappa shape index (κ1) is 22.5. The van der Waals surface area contributed by atoms with Crippen molar-refractivity contribution in [1.82, 2.24) is 9.80 Å². The fraction of sp³-hybridized carbons (Fsp3) is 0.350. The zero-order valence-corrected chi connectivity index (χ0v) is 16.7. The summed E-state index contributed by atoms with van der Waals surface area (Å²) in [6.07, 6.45) is 0. The molecule has 1 heterocycles. The number of nitrogens with two attached hydrogens (primary N) is 1. The van der Waals surface area contributed by atoms with Crippen molar-refractivity contribution in [2.24, 2.45) is 5.73 Å². The number of likely N-dealkylation sites (tertiary alicyclic amines) is 1. The lowest BCUT2D eigenvalue weighted by molar-refractivity contribution is -0.135. The second-order valence-corrected chi connectivity index (χ2v) is 6.70. The Morgan fingerprint density at radius 2 is 1.54 bits per heavy atom. The van der Waals surface area contributed by atoms with Gasteiger partial charge < -0.3 is 10.6 Å². The molecule has 1 fully saturated rings. The van der Waals surface area contributed by atoms with E-state index in [1.54, 1.807) is 0 Å². The van der Waals surface area contributed by atoms with Crippen molar-refractivity contribution in [1.29, 1.82) is 0 Å². The van der Waals surface area contributed by atoms with E-state index < -0.39 is 0 Å². The maximum Gasteiger partial charge on any atom is 0.244 e. The molecule has 0 saturated carbocycles. The van der Waals surface area contributed by atoms with E-state index in [2.05, 4.69) is 12.1 Å². The van der Waals surface area contributed by atoms with E-state index in [0.717, 1.165) is 5.56 Å². The van der Waals surface area contributed by atoms with E-state index in [1.165, 1.54) is 5.56 Å². The van der Waals surface area contributed by atoms with Crippen LogP contribution in [0.15, 0.2) is 60.7 Å². The van der Waals surface area contributed by atoms with Crippen molar-refractivity contribution < 1.29 is 4.79 Å². The van der Waals surface area contributed by atoms with Crippen molar-refractivity contribution in [3.8, 4) is 0 Å². The van der Waals surface area contributed by atoms with Crippen molar-refractivity contribution >= 4 is 30.7 Å². The van der Waals surface area contributed by atoms with Crippen molar-refractivity contribution in [3.05, 3.63) is 71.8 Å². The Hall–Kier alpha value is -1.59. The lowest BCUT2D eigenvalue weighted by atomic mass is 9.95. The van der Waals surface area contributed by atoms with Crippen LogP contribution in [0.25, 0.3) is 0 Å². The summed E-state index contributed by atoms with van der Waals surface area (Å²) in [6, 6.07) is 19.9. The first-order valence-electron chi connectivity index (χ1n) is 8.38. The molecule has 0 spiro atoms. The topological polar surface area (TPSA) is 49.6 Å². The number of rotatable bonds is 4. The van der Waals surface area contributed by atoms with Gasteiger partial charge in [-0.3, -0.25) is 9.69 Å². The summed E-state index contributed by atoms with van der Waals surface area (Å²) in [5, 5.41) is 0. The van der Waals surface area contributed by atoms with Crippen molar-refractivity contribution in [2.75, 3.05) is 27.2 Å². The molecular formula is C20H27Cl2N3O. The molecule has 1 aliphatic rings. The second kappa shape index (κ2) is 9.93. The highest BCUT2D eigenvalue weighted by Crippen LogP contribution is 2.29. The summed E-state index contributed by atoms with van der Waals surface area (Å²) in [5.41, 5.74) is 8.57. The summed E-state index contributed by atoms with van der Waals surface area (Å²) in [7, 11) is 3.89. The largest absolute Gasteiger partial charge is 0.339 e. The van der Waals surface area contributed by atoms with Gasteiger partial charge in [0.1, 0.15) is 6.04 Å². The third kappa shape index (κ3) is 4.77. The maximum atomic E-state index is 13.1. The van der Waals surface area contributed by atoms with E-state index in [1.807, 2.05) is 72.4 Å². The van der Waals surface area contributed by atoms with Gasteiger partial charge in [-0.25, -0.2) is 0 Å². The molecule has 2 aromatic rings. The SMILES string of the molecule is CN(C)C(C(=O)N1C[C@@H](N)[C@H](c2ccccc2)C1)c1ccccc1.Cl.Cl. The van der Waals surface area contributed by atoms with Gasteiger partial charge in [0, 0.05) is 25.0 Å². The summed E-state index contributed by atoms with van der Waals surface area (Å²) < 4.78 is 0. The molecule has 2 N–H and O–H groups in total. The first-order chi connectivity index (χ1) is 11.6. The van der Waals surface area contributed by atoms with Gasteiger partial charge in [-0.15, -0.1) is 24.8 Å². The fourth-order valence-corrected chi connectivity index (χ4v) is 3.53. The van der Waals surface area contributed by atoms with Crippen LogP contribution in [0.3, 0.4) is 0 Å². The summed E-state index contributed by atoms with van der Waals surface area (Å²) >= 11 is 0. The van der Waals surface area contributed by atoms with Crippen LogP contribution >= 0.6 is 24.8 Å². The monoisotopic (exact) mass is 395 g/mol. The minimum absolute atomic E-state index is 0. The number of carbonyl (C=O) groups is 1. The summed E-state index contributed by atoms with van der Waals surface area (Å²) in [4.78, 5) is 17.0. The average molecular weight is 396 g/mol. The van der Waals surface area contributed by atoms with E-state index in [9.17, 15) is 4.79 Å². The predicted octanol–water partition coefficient (Wildman–Crippen LogP) is 3.09. The van der Waals surface area contributed by atoms with Gasteiger partial charge in [0.2, 0.25) is 5.91 Å². The van der Waals surface area contributed by atoms with E-state index in [4.69, 9.17) is 5.73 Å². The molecule has 3 atom stereocenters. The van der Waals surface area contributed by atoms with Crippen LogP contribution in [0.2, 0.25) is 0 Å². The molecule has 2 aromatic carbocycles. The van der Waals surface area contributed by atoms with Crippen LogP contribution < -0.4 is 5.73 Å². The van der Waals surface area contributed by atoms with E-state index >= 15 is 0 Å². The number of amides is 1. The van der Waals surface area contributed by atoms with Gasteiger partial charge in [-0.05, 0) is 25.2 Å². The van der Waals surface area contributed by atoms with Gasteiger partial charge in [-0.2, -0.15) is 0 Å².